The Morgan fingerprint density at radius 3 is 2.55 bits per heavy atom. The zero-order valence-electron chi connectivity index (χ0n) is 18.2. The van der Waals surface area contributed by atoms with Gasteiger partial charge >= 0.3 is 5.56 Å². The van der Waals surface area contributed by atoms with E-state index in [4.69, 9.17) is 4.74 Å². The molecule has 0 bridgehead atoms. The highest BCUT2D eigenvalue weighted by Gasteiger charge is 2.12. The first-order valence-corrected chi connectivity index (χ1v) is 10.7. The van der Waals surface area contributed by atoms with E-state index in [0.29, 0.717) is 43.9 Å². The van der Waals surface area contributed by atoms with Gasteiger partial charge < -0.3 is 10.1 Å². The van der Waals surface area contributed by atoms with Crippen molar-refractivity contribution in [3.63, 3.8) is 0 Å². The fourth-order valence-corrected chi connectivity index (χ4v) is 3.48. The Morgan fingerprint density at radius 1 is 1.06 bits per heavy atom. The molecule has 2 aromatic carbocycles. The van der Waals surface area contributed by atoms with Gasteiger partial charge in [-0.15, -0.1) is 10.2 Å². The highest BCUT2D eigenvalue weighted by molar-refractivity contribution is 5.75. The van der Waals surface area contributed by atoms with Crippen LogP contribution in [-0.2, 0) is 17.8 Å². The second-order valence-electron chi connectivity index (χ2n) is 7.47. The number of nitrogens with zero attached hydrogens (tertiary/aromatic N) is 4. The first-order chi connectivity index (χ1) is 16.0. The van der Waals surface area contributed by atoms with Gasteiger partial charge in [-0.2, -0.15) is 0 Å². The lowest BCUT2D eigenvalue weighted by Crippen LogP contribution is -2.22. The maximum absolute atomic E-state index is 12.9. The van der Waals surface area contributed by atoms with Crippen molar-refractivity contribution in [2.24, 2.45) is 0 Å². The lowest BCUT2D eigenvalue weighted by Gasteiger charge is -2.08. The zero-order valence-corrected chi connectivity index (χ0v) is 18.2. The second-order valence-corrected chi connectivity index (χ2v) is 7.47. The number of rotatable bonds is 9. The quantitative estimate of drug-likeness (QED) is 0.424. The van der Waals surface area contributed by atoms with Crippen LogP contribution in [0.15, 0.2) is 65.7 Å². The number of halogens is 1. The smallest absolute Gasteiger partial charge is 0.300 e. The number of nitrogens with one attached hydrogen (secondary N) is 1. The predicted molar refractivity (Wildman–Crippen MR) is 121 cm³/mol. The van der Waals surface area contributed by atoms with Crippen LogP contribution >= 0.6 is 0 Å². The van der Waals surface area contributed by atoms with E-state index in [1.165, 1.54) is 16.7 Å². The third-order valence-electron chi connectivity index (χ3n) is 5.17. The van der Waals surface area contributed by atoms with Crippen LogP contribution in [0.4, 0.5) is 4.39 Å². The van der Waals surface area contributed by atoms with Crippen LogP contribution in [0.5, 0.6) is 5.75 Å². The van der Waals surface area contributed by atoms with Gasteiger partial charge in [0.25, 0.3) is 0 Å². The predicted octanol–water partition coefficient (Wildman–Crippen LogP) is 3.06. The molecule has 0 saturated carbocycles. The molecule has 0 aliphatic carbocycles. The van der Waals surface area contributed by atoms with Crippen molar-refractivity contribution >= 4 is 11.6 Å². The van der Waals surface area contributed by atoms with Gasteiger partial charge in [0.05, 0.1) is 6.61 Å². The molecule has 0 fully saturated rings. The molecular weight excluding hydrogens is 425 g/mol. The number of carbonyl (C=O) groups is 1. The van der Waals surface area contributed by atoms with Crippen LogP contribution in [-0.4, -0.2) is 31.7 Å². The lowest BCUT2D eigenvalue weighted by molar-refractivity contribution is -0.121. The molecule has 8 nitrogen and oxygen atoms in total. The molecule has 1 amide bonds. The van der Waals surface area contributed by atoms with E-state index in [2.05, 4.69) is 15.5 Å². The van der Waals surface area contributed by atoms with E-state index in [1.54, 1.807) is 28.9 Å². The molecule has 0 saturated heterocycles. The molecule has 4 rings (SSSR count). The van der Waals surface area contributed by atoms with Crippen molar-refractivity contribution in [3.05, 3.63) is 88.5 Å². The van der Waals surface area contributed by atoms with Gasteiger partial charge in [-0.3, -0.25) is 18.6 Å². The average Bonchev–Trinajstić information content (AvgIpc) is 3.24. The van der Waals surface area contributed by atoms with Crippen LogP contribution in [0, 0.1) is 5.82 Å². The van der Waals surface area contributed by atoms with Crippen LogP contribution in [0.3, 0.4) is 0 Å². The third kappa shape index (κ3) is 5.25. The van der Waals surface area contributed by atoms with Crippen LogP contribution in [0.1, 0.15) is 31.2 Å². The highest BCUT2D eigenvalue weighted by atomic mass is 19.1. The Balaban J connectivity index is 1.37. The molecule has 0 atom stereocenters. The van der Waals surface area contributed by atoms with Gasteiger partial charge in [0, 0.05) is 37.5 Å². The summed E-state index contributed by atoms with van der Waals surface area (Å²) in [5.74, 6) is 0.942. The largest absolute Gasteiger partial charge is 0.494 e. The van der Waals surface area contributed by atoms with E-state index in [1.807, 2.05) is 31.2 Å². The Hall–Kier alpha value is -4.01. The summed E-state index contributed by atoms with van der Waals surface area (Å²) in [7, 11) is 0. The van der Waals surface area contributed by atoms with E-state index < -0.39 is 0 Å². The fraction of sp³-hybridized carbons (Fsp3) is 0.250. The minimum atomic E-state index is -0.308. The molecule has 0 aliphatic rings. The lowest BCUT2D eigenvalue weighted by atomic mass is 10.2. The van der Waals surface area contributed by atoms with Gasteiger partial charge in [-0.05, 0) is 55.3 Å². The van der Waals surface area contributed by atoms with Crippen molar-refractivity contribution < 1.29 is 13.9 Å². The van der Waals surface area contributed by atoms with Crippen LogP contribution in [0.25, 0.3) is 11.3 Å². The van der Waals surface area contributed by atoms with E-state index >= 15 is 0 Å². The topological polar surface area (TPSA) is 90.5 Å². The molecule has 2 aromatic heterocycles. The number of aryl methyl sites for hydroxylation is 1. The van der Waals surface area contributed by atoms with Crippen molar-refractivity contribution in [2.75, 3.05) is 6.61 Å². The zero-order chi connectivity index (χ0) is 23.2. The van der Waals surface area contributed by atoms with Crippen LogP contribution in [0.2, 0.25) is 0 Å². The molecular formula is C24H24FN5O3. The van der Waals surface area contributed by atoms with Crippen molar-refractivity contribution in [1.29, 1.82) is 0 Å². The third-order valence-corrected chi connectivity index (χ3v) is 5.17. The summed E-state index contributed by atoms with van der Waals surface area (Å²) < 4.78 is 21.5. The Morgan fingerprint density at radius 2 is 1.82 bits per heavy atom. The summed E-state index contributed by atoms with van der Waals surface area (Å²) in [6, 6.07) is 13.2. The average molecular weight is 449 g/mol. The maximum Gasteiger partial charge on any atom is 0.300 e. The first-order valence-electron chi connectivity index (χ1n) is 10.7. The second kappa shape index (κ2) is 10.1. The molecule has 9 heteroatoms. The molecule has 0 aliphatic heterocycles. The molecule has 2 heterocycles. The maximum atomic E-state index is 12.9. The van der Waals surface area contributed by atoms with Gasteiger partial charge in [-0.1, -0.05) is 12.1 Å². The Labute approximate surface area is 189 Å². The normalized spacial score (nSPS) is 11.0. The number of amides is 1. The number of ether oxygens (including phenoxy) is 1. The highest BCUT2D eigenvalue weighted by Crippen LogP contribution is 2.15. The molecule has 0 radical (unpaired) electrons. The van der Waals surface area contributed by atoms with Crippen molar-refractivity contribution in [2.45, 2.75) is 32.7 Å². The SMILES string of the molecule is CCOc1ccc(-n2ccn3c(CCCC(=O)NCc4ccc(F)cc4)nnc3c2=O)cc1. The number of carbonyl (C=O) groups excluding carboxylic acids is 1. The Kier molecular flexibility index (Phi) is 6.77. The summed E-state index contributed by atoms with van der Waals surface area (Å²) in [5, 5.41) is 11.0. The summed E-state index contributed by atoms with van der Waals surface area (Å²) >= 11 is 0. The molecule has 1 N–H and O–H groups in total. The number of aromatic nitrogens is 4. The summed E-state index contributed by atoms with van der Waals surface area (Å²) in [5.41, 5.74) is 1.48. The molecule has 4 aromatic rings. The van der Waals surface area contributed by atoms with Crippen LogP contribution < -0.4 is 15.6 Å². The van der Waals surface area contributed by atoms with Gasteiger partial charge in [0.15, 0.2) is 0 Å². The van der Waals surface area contributed by atoms with Gasteiger partial charge in [0.2, 0.25) is 11.6 Å². The monoisotopic (exact) mass is 449 g/mol. The minimum absolute atomic E-state index is 0.106. The number of hydrogen-bond donors (Lipinski definition) is 1. The number of hydrogen-bond acceptors (Lipinski definition) is 5. The number of benzene rings is 2. The summed E-state index contributed by atoms with van der Waals surface area (Å²) in [6.45, 7) is 2.83. The standard InChI is InChI=1S/C24H24FN5O3/c1-2-33-20-12-10-19(11-13-20)29-14-15-30-21(27-28-23(30)24(29)32)4-3-5-22(31)26-16-17-6-8-18(25)9-7-17/h6-15H,2-5,16H2,1H3,(H,26,31). The molecule has 0 unspecified atom stereocenters. The van der Waals surface area contributed by atoms with E-state index in [0.717, 1.165) is 11.3 Å². The fourth-order valence-electron chi connectivity index (χ4n) is 3.48. The number of fused-ring (bicyclic) bond motifs is 1. The minimum Gasteiger partial charge on any atom is -0.494 e. The first kappa shape index (κ1) is 22.2. The van der Waals surface area contributed by atoms with E-state index in [-0.39, 0.29) is 22.9 Å². The Bertz CT molecular complexity index is 1300. The molecule has 33 heavy (non-hydrogen) atoms. The van der Waals surface area contributed by atoms with Gasteiger partial charge in [-0.25, -0.2) is 4.39 Å². The van der Waals surface area contributed by atoms with Gasteiger partial charge in [0.1, 0.15) is 17.4 Å². The summed E-state index contributed by atoms with van der Waals surface area (Å²) in [6.07, 6.45) is 4.78. The molecule has 0 spiro atoms. The van der Waals surface area contributed by atoms with Crippen molar-refractivity contribution in [1.82, 2.24) is 24.5 Å². The molecule has 170 valence electrons. The summed E-state index contributed by atoms with van der Waals surface area (Å²) in [4.78, 5) is 25.0. The van der Waals surface area contributed by atoms with Crippen molar-refractivity contribution in [3.8, 4) is 11.4 Å². The van der Waals surface area contributed by atoms with E-state index in [9.17, 15) is 14.0 Å².